The zero-order chi connectivity index (χ0) is 14.9. The van der Waals surface area contributed by atoms with E-state index in [0.717, 1.165) is 23.1 Å². The summed E-state index contributed by atoms with van der Waals surface area (Å²) in [6, 6.07) is 16.7. The van der Waals surface area contributed by atoms with Crippen molar-refractivity contribution in [1.29, 1.82) is 0 Å². The van der Waals surface area contributed by atoms with Crippen LogP contribution in [0.3, 0.4) is 0 Å². The normalized spacial score (nSPS) is 12.0. The molecule has 0 atom stereocenters. The molecule has 0 radical (unpaired) electrons. The fourth-order valence-electron chi connectivity index (χ4n) is 2.38. The molecule has 3 heteroatoms. The molecule has 0 spiro atoms. The third kappa shape index (κ3) is 3.13. The molecule has 1 heterocycles. The van der Waals surface area contributed by atoms with Crippen LogP contribution in [0.5, 0.6) is 0 Å². The van der Waals surface area contributed by atoms with Gasteiger partial charge in [0.1, 0.15) is 5.52 Å². The molecule has 0 aliphatic heterocycles. The lowest BCUT2D eigenvalue weighted by atomic mass is 9.89. The molecule has 21 heavy (non-hydrogen) atoms. The largest absolute Gasteiger partial charge is 0.213 e. The fraction of sp³-hybridized carbons (Fsp3) is 0.333. The third-order valence-electron chi connectivity index (χ3n) is 3.70. The number of hydrogen-bond donors (Lipinski definition) is 0. The first kappa shape index (κ1) is 13.8. The van der Waals surface area contributed by atoms with Crippen molar-refractivity contribution in [3.05, 3.63) is 54.1 Å². The third-order valence-corrected chi connectivity index (χ3v) is 3.70. The first-order chi connectivity index (χ1) is 10.0. The van der Waals surface area contributed by atoms with Crippen molar-refractivity contribution in [3.8, 4) is 5.69 Å². The van der Waals surface area contributed by atoms with Crippen LogP contribution in [0.25, 0.3) is 16.7 Å². The molecule has 3 aromatic rings. The summed E-state index contributed by atoms with van der Waals surface area (Å²) in [6.45, 7) is 6.84. The van der Waals surface area contributed by atoms with E-state index in [2.05, 4.69) is 55.3 Å². The highest BCUT2D eigenvalue weighted by molar-refractivity contribution is 5.75. The Kier molecular flexibility index (Phi) is 3.50. The van der Waals surface area contributed by atoms with Gasteiger partial charge in [0.25, 0.3) is 0 Å². The van der Waals surface area contributed by atoms with E-state index < -0.39 is 0 Å². The SMILES string of the molecule is CC(C)(C)CCc1ccc(-n2nnc3ccccc32)cc1. The molecule has 0 N–H and O–H groups in total. The molecule has 0 amide bonds. The Bertz CT molecular complexity index is 733. The Morgan fingerprint density at radius 2 is 1.67 bits per heavy atom. The van der Waals surface area contributed by atoms with E-state index in [1.165, 1.54) is 12.0 Å². The van der Waals surface area contributed by atoms with Gasteiger partial charge in [-0.25, -0.2) is 4.68 Å². The lowest BCUT2D eigenvalue weighted by molar-refractivity contribution is 0.378. The molecule has 0 unspecified atom stereocenters. The van der Waals surface area contributed by atoms with Crippen LogP contribution in [-0.2, 0) is 6.42 Å². The number of nitrogens with zero attached hydrogens (tertiary/aromatic N) is 3. The van der Waals surface area contributed by atoms with Gasteiger partial charge in [-0.2, -0.15) is 0 Å². The summed E-state index contributed by atoms with van der Waals surface area (Å²) in [6.07, 6.45) is 2.31. The highest BCUT2D eigenvalue weighted by Gasteiger charge is 2.10. The smallest absolute Gasteiger partial charge is 0.113 e. The average molecular weight is 279 g/mol. The first-order valence-corrected chi connectivity index (χ1v) is 7.43. The Morgan fingerprint density at radius 1 is 0.952 bits per heavy atom. The lowest BCUT2D eigenvalue weighted by Gasteiger charge is -2.17. The van der Waals surface area contributed by atoms with Gasteiger partial charge in [-0.3, -0.25) is 0 Å². The summed E-state index contributed by atoms with van der Waals surface area (Å²) >= 11 is 0. The van der Waals surface area contributed by atoms with Crippen LogP contribution in [0.15, 0.2) is 48.5 Å². The molecule has 0 aliphatic carbocycles. The molecule has 0 aliphatic rings. The number of rotatable bonds is 3. The maximum Gasteiger partial charge on any atom is 0.113 e. The molecule has 0 saturated heterocycles. The molecule has 0 saturated carbocycles. The minimum Gasteiger partial charge on any atom is -0.213 e. The van der Waals surface area contributed by atoms with Crippen LogP contribution < -0.4 is 0 Å². The molecule has 0 fully saturated rings. The fourth-order valence-corrected chi connectivity index (χ4v) is 2.38. The Hall–Kier alpha value is -2.16. The van der Waals surface area contributed by atoms with Crippen molar-refractivity contribution in [2.24, 2.45) is 5.41 Å². The predicted octanol–water partition coefficient (Wildman–Crippen LogP) is 4.40. The lowest BCUT2D eigenvalue weighted by Crippen LogP contribution is -2.06. The van der Waals surface area contributed by atoms with Crippen LogP contribution in [0.4, 0.5) is 0 Å². The van der Waals surface area contributed by atoms with Crippen molar-refractivity contribution in [1.82, 2.24) is 15.0 Å². The van der Waals surface area contributed by atoms with Gasteiger partial charge >= 0.3 is 0 Å². The highest BCUT2D eigenvalue weighted by atomic mass is 15.4. The van der Waals surface area contributed by atoms with Crippen LogP contribution in [0.1, 0.15) is 32.8 Å². The molecule has 0 bridgehead atoms. The van der Waals surface area contributed by atoms with Crippen LogP contribution in [0.2, 0.25) is 0 Å². The highest BCUT2D eigenvalue weighted by Crippen LogP contribution is 2.22. The van der Waals surface area contributed by atoms with Crippen LogP contribution in [-0.4, -0.2) is 15.0 Å². The summed E-state index contributed by atoms with van der Waals surface area (Å²) in [5.74, 6) is 0. The molecule has 108 valence electrons. The number of aryl methyl sites for hydroxylation is 1. The molecule has 3 nitrogen and oxygen atoms in total. The molecule has 1 aromatic heterocycles. The van der Waals surface area contributed by atoms with E-state index in [0.29, 0.717) is 5.41 Å². The Balaban J connectivity index is 1.84. The van der Waals surface area contributed by atoms with E-state index >= 15 is 0 Å². The van der Waals surface area contributed by atoms with Gasteiger partial charge in [0.2, 0.25) is 0 Å². The topological polar surface area (TPSA) is 30.7 Å². The molecular weight excluding hydrogens is 258 g/mol. The monoisotopic (exact) mass is 279 g/mol. The van der Waals surface area contributed by atoms with E-state index in [1.54, 1.807) is 0 Å². The number of para-hydroxylation sites is 1. The van der Waals surface area contributed by atoms with E-state index in [9.17, 15) is 0 Å². The minimum absolute atomic E-state index is 0.376. The standard InChI is InChI=1S/C18H21N3/c1-18(2,3)13-12-14-8-10-15(11-9-14)21-17-7-5-4-6-16(17)19-20-21/h4-11H,12-13H2,1-3H3. The van der Waals surface area contributed by atoms with Crippen molar-refractivity contribution < 1.29 is 0 Å². The van der Waals surface area contributed by atoms with E-state index in [-0.39, 0.29) is 0 Å². The number of hydrogen-bond acceptors (Lipinski definition) is 2. The second-order valence-electron chi connectivity index (χ2n) is 6.72. The van der Waals surface area contributed by atoms with Crippen LogP contribution >= 0.6 is 0 Å². The number of benzene rings is 2. The van der Waals surface area contributed by atoms with Gasteiger partial charge in [-0.1, -0.05) is 50.3 Å². The zero-order valence-corrected chi connectivity index (χ0v) is 12.9. The van der Waals surface area contributed by atoms with Gasteiger partial charge in [0.15, 0.2) is 0 Å². The Labute approximate surface area is 125 Å². The van der Waals surface area contributed by atoms with Gasteiger partial charge in [0.05, 0.1) is 11.2 Å². The maximum atomic E-state index is 4.25. The second-order valence-corrected chi connectivity index (χ2v) is 6.72. The van der Waals surface area contributed by atoms with Crippen molar-refractivity contribution in [2.45, 2.75) is 33.6 Å². The van der Waals surface area contributed by atoms with Gasteiger partial charge < -0.3 is 0 Å². The summed E-state index contributed by atoms with van der Waals surface area (Å²) in [7, 11) is 0. The van der Waals surface area contributed by atoms with Crippen molar-refractivity contribution >= 4 is 11.0 Å². The van der Waals surface area contributed by atoms with E-state index in [4.69, 9.17) is 0 Å². The van der Waals surface area contributed by atoms with Gasteiger partial charge in [-0.05, 0) is 48.1 Å². The van der Waals surface area contributed by atoms with Crippen LogP contribution in [0, 0.1) is 5.41 Å². The number of fused-ring (bicyclic) bond motifs is 1. The second kappa shape index (κ2) is 5.32. The minimum atomic E-state index is 0.376. The zero-order valence-electron chi connectivity index (χ0n) is 12.9. The summed E-state index contributed by atoms with van der Waals surface area (Å²) in [4.78, 5) is 0. The quantitative estimate of drug-likeness (QED) is 0.711. The maximum absolute atomic E-state index is 4.25. The van der Waals surface area contributed by atoms with E-state index in [1.807, 2.05) is 28.9 Å². The van der Waals surface area contributed by atoms with Crippen molar-refractivity contribution in [3.63, 3.8) is 0 Å². The predicted molar refractivity (Wildman–Crippen MR) is 86.6 cm³/mol. The van der Waals surface area contributed by atoms with Gasteiger partial charge in [-0.15, -0.1) is 5.10 Å². The first-order valence-electron chi connectivity index (χ1n) is 7.43. The van der Waals surface area contributed by atoms with Gasteiger partial charge in [0, 0.05) is 0 Å². The summed E-state index contributed by atoms with van der Waals surface area (Å²) < 4.78 is 1.89. The molecule has 3 rings (SSSR count). The summed E-state index contributed by atoms with van der Waals surface area (Å²) in [5.41, 5.74) is 4.77. The average Bonchev–Trinajstić information content (AvgIpc) is 2.89. The Morgan fingerprint density at radius 3 is 2.38 bits per heavy atom. The molecule has 2 aromatic carbocycles. The molecular formula is C18H21N3. The number of aromatic nitrogens is 3. The van der Waals surface area contributed by atoms with Crippen molar-refractivity contribution in [2.75, 3.05) is 0 Å². The summed E-state index contributed by atoms with van der Waals surface area (Å²) in [5, 5.41) is 8.45.